The second kappa shape index (κ2) is 14.3. The Balaban J connectivity index is 0.934. The fourth-order valence-corrected chi connectivity index (χ4v) is 7.25. The molecule has 0 bridgehead atoms. The predicted molar refractivity (Wildman–Crippen MR) is 170 cm³/mol. The van der Waals surface area contributed by atoms with E-state index < -0.39 is 0 Å². The molecular formula is C37H47N3O2. The Bertz CT molecular complexity index is 1190. The topological polar surface area (TPSA) is 44.8 Å². The van der Waals surface area contributed by atoms with Crippen LogP contribution < -0.4 is 10.1 Å². The molecule has 0 aromatic heterocycles. The Morgan fingerprint density at radius 2 is 1.33 bits per heavy atom. The quantitative estimate of drug-likeness (QED) is 0.296. The largest absolute Gasteiger partial charge is 0.490 e. The molecule has 0 radical (unpaired) electrons. The van der Waals surface area contributed by atoms with Crippen molar-refractivity contribution < 1.29 is 9.53 Å². The molecule has 6 rings (SSSR count). The maximum Gasteiger partial charge on any atom is 0.251 e. The van der Waals surface area contributed by atoms with Crippen LogP contribution in [0.3, 0.4) is 0 Å². The van der Waals surface area contributed by atoms with Gasteiger partial charge in [-0.1, -0.05) is 73.5 Å². The molecule has 2 aliphatic heterocycles. The van der Waals surface area contributed by atoms with Crippen molar-refractivity contribution in [3.8, 4) is 5.75 Å². The summed E-state index contributed by atoms with van der Waals surface area (Å²) in [6.07, 6.45) is 10.2. The van der Waals surface area contributed by atoms with E-state index in [4.69, 9.17) is 4.74 Å². The first-order chi connectivity index (χ1) is 20.7. The minimum Gasteiger partial charge on any atom is -0.490 e. The Labute approximate surface area is 252 Å². The molecule has 3 aromatic rings. The maximum atomic E-state index is 12.8. The molecule has 1 N–H and O–H groups in total. The summed E-state index contributed by atoms with van der Waals surface area (Å²) in [6.45, 7) is 6.24. The number of piperidine rings is 2. The molecule has 1 saturated carbocycles. The third-order valence-corrected chi connectivity index (χ3v) is 9.84. The summed E-state index contributed by atoms with van der Waals surface area (Å²) in [5, 5.41) is 3.19. The molecule has 5 nitrogen and oxygen atoms in total. The molecule has 0 spiro atoms. The highest BCUT2D eigenvalue weighted by molar-refractivity contribution is 5.94. The van der Waals surface area contributed by atoms with Gasteiger partial charge in [-0.15, -0.1) is 0 Å². The van der Waals surface area contributed by atoms with Gasteiger partial charge >= 0.3 is 0 Å². The third-order valence-electron chi connectivity index (χ3n) is 9.84. The molecular weight excluding hydrogens is 518 g/mol. The zero-order chi connectivity index (χ0) is 28.6. The van der Waals surface area contributed by atoms with E-state index in [1.54, 1.807) is 0 Å². The first-order valence-electron chi connectivity index (χ1n) is 16.3. The number of nitrogens with one attached hydrogen (secondary N) is 1. The lowest BCUT2D eigenvalue weighted by molar-refractivity contribution is 0.0924. The summed E-state index contributed by atoms with van der Waals surface area (Å²) in [5.41, 5.74) is 3.46. The van der Waals surface area contributed by atoms with Gasteiger partial charge in [-0.05, 0) is 92.9 Å². The van der Waals surface area contributed by atoms with Crippen molar-refractivity contribution in [2.45, 2.75) is 69.4 Å². The second-order valence-corrected chi connectivity index (χ2v) is 12.6. The molecule has 0 unspecified atom stereocenters. The van der Waals surface area contributed by atoms with Gasteiger partial charge in [0.15, 0.2) is 0 Å². The first kappa shape index (κ1) is 28.9. The first-order valence-corrected chi connectivity index (χ1v) is 16.3. The van der Waals surface area contributed by atoms with Gasteiger partial charge in [0.1, 0.15) is 11.9 Å². The van der Waals surface area contributed by atoms with Gasteiger partial charge in [-0.3, -0.25) is 4.79 Å². The Morgan fingerprint density at radius 3 is 1.93 bits per heavy atom. The molecule has 0 atom stereocenters. The summed E-state index contributed by atoms with van der Waals surface area (Å²) in [6, 6.07) is 30.3. The number of carbonyl (C=O) groups is 1. The molecule has 1 amide bonds. The molecule has 3 fully saturated rings. The minimum absolute atomic E-state index is 0.0273. The number of carbonyl (C=O) groups excluding carboxylic acids is 1. The number of hydrogen-bond acceptors (Lipinski definition) is 4. The predicted octanol–water partition coefficient (Wildman–Crippen LogP) is 6.75. The van der Waals surface area contributed by atoms with Crippen molar-refractivity contribution in [2.75, 3.05) is 39.3 Å². The van der Waals surface area contributed by atoms with Gasteiger partial charge in [0.2, 0.25) is 0 Å². The molecule has 2 heterocycles. The third kappa shape index (κ3) is 7.62. The summed E-state index contributed by atoms with van der Waals surface area (Å²) in [4.78, 5) is 18.1. The van der Waals surface area contributed by atoms with E-state index in [0.717, 1.165) is 50.8 Å². The van der Waals surface area contributed by atoms with E-state index in [0.29, 0.717) is 17.4 Å². The molecule has 5 heteroatoms. The van der Waals surface area contributed by atoms with Gasteiger partial charge in [0, 0.05) is 43.7 Å². The number of likely N-dealkylation sites (tertiary alicyclic amines) is 2. The lowest BCUT2D eigenvalue weighted by Gasteiger charge is -2.36. The minimum atomic E-state index is 0.0273. The maximum absolute atomic E-state index is 12.8. The van der Waals surface area contributed by atoms with E-state index in [9.17, 15) is 4.79 Å². The van der Waals surface area contributed by atoms with Crippen LogP contribution in [0.5, 0.6) is 5.75 Å². The summed E-state index contributed by atoms with van der Waals surface area (Å²) in [5.74, 6) is 1.85. The van der Waals surface area contributed by atoms with Crippen molar-refractivity contribution in [2.24, 2.45) is 5.92 Å². The lowest BCUT2D eigenvalue weighted by atomic mass is 9.90. The van der Waals surface area contributed by atoms with Crippen LogP contribution in [0.15, 0.2) is 84.9 Å². The van der Waals surface area contributed by atoms with Gasteiger partial charge in [0.25, 0.3) is 5.91 Å². The van der Waals surface area contributed by atoms with Crippen LogP contribution in [0.1, 0.15) is 78.8 Å². The molecule has 42 heavy (non-hydrogen) atoms. The lowest BCUT2D eigenvalue weighted by Crippen LogP contribution is -2.42. The summed E-state index contributed by atoms with van der Waals surface area (Å²) < 4.78 is 6.36. The highest BCUT2D eigenvalue weighted by Crippen LogP contribution is 2.29. The fourth-order valence-electron chi connectivity index (χ4n) is 7.25. The van der Waals surface area contributed by atoms with Gasteiger partial charge in [-0.25, -0.2) is 0 Å². The second-order valence-electron chi connectivity index (χ2n) is 12.6. The van der Waals surface area contributed by atoms with Gasteiger partial charge in [-0.2, -0.15) is 0 Å². The summed E-state index contributed by atoms with van der Waals surface area (Å²) in [7, 11) is 0. The zero-order valence-corrected chi connectivity index (χ0v) is 25.0. The van der Waals surface area contributed by atoms with E-state index in [2.05, 4.69) is 75.8 Å². The number of hydrogen-bond donors (Lipinski definition) is 1. The normalized spacial score (nSPS) is 19.7. The smallest absolute Gasteiger partial charge is 0.251 e. The Kier molecular flexibility index (Phi) is 9.89. The van der Waals surface area contributed by atoms with Crippen LogP contribution in [0.25, 0.3) is 0 Å². The van der Waals surface area contributed by atoms with Gasteiger partial charge < -0.3 is 19.9 Å². The number of rotatable bonds is 10. The van der Waals surface area contributed by atoms with Crippen molar-refractivity contribution in [1.29, 1.82) is 0 Å². The van der Waals surface area contributed by atoms with Crippen LogP contribution >= 0.6 is 0 Å². The van der Waals surface area contributed by atoms with Crippen molar-refractivity contribution in [3.63, 3.8) is 0 Å². The van der Waals surface area contributed by atoms with Crippen LogP contribution in [-0.4, -0.2) is 67.1 Å². The molecule has 3 aromatic carbocycles. The monoisotopic (exact) mass is 565 g/mol. The standard InChI is InChI=1S/C37H47N3O2/c41-37(38-27-29-19-25-40(26-20-29)33-13-7-8-14-33)32-15-17-34(18-16-32)42-35-21-23-39(24-22-35)28-36(30-9-3-1-4-10-30)31-11-5-2-6-12-31/h1-6,9-12,15-18,29,33,35-36H,7-8,13-14,19-28H2,(H,38,41). The SMILES string of the molecule is O=C(NCC1CCN(C2CCCC2)CC1)c1ccc(OC2CCN(CC(c3ccccc3)c3ccccc3)CC2)cc1. The summed E-state index contributed by atoms with van der Waals surface area (Å²) >= 11 is 0. The van der Waals surface area contributed by atoms with Crippen molar-refractivity contribution >= 4 is 5.91 Å². The van der Waals surface area contributed by atoms with Gasteiger partial charge in [0.05, 0.1) is 0 Å². The highest BCUT2D eigenvalue weighted by Gasteiger charge is 2.27. The van der Waals surface area contributed by atoms with E-state index in [1.807, 2.05) is 24.3 Å². The molecule has 3 aliphatic rings. The number of amides is 1. The van der Waals surface area contributed by atoms with Crippen molar-refractivity contribution in [3.05, 3.63) is 102 Å². The fraction of sp³-hybridized carbons (Fsp3) is 0.486. The number of ether oxygens (including phenoxy) is 1. The van der Waals surface area contributed by atoms with Crippen LogP contribution in [0.2, 0.25) is 0 Å². The van der Waals surface area contributed by atoms with E-state index in [1.165, 1.54) is 62.7 Å². The Morgan fingerprint density at radius 1 is 0.738 bits per heavy atom. The molecule has 1 aliphatic carbocycles. The average molecular weight is 566 g/mol. The molecule has 222 valence electrons. The zero-order valence-electron chi connectivity index (χ0n) is 25.0. The van der Waals surface area contributed by atoms with Crippen LogP contribution in [0, 0.1) is 5.92 Å². The number of benzene rings is 3. The number of nitrogens with zero attached hydrogens (tertiary/aromatic N) is 2. The van der Waals surface area contributed by atoms with Crippen LogP contribution in [0.4, 0.5) is 0 Å². The molecule has 2 saturated heterocycles. The van der Waals surface area contributed by atoms with E-state index in [-0.39, 0.29) is 12.0 Å². The Hall–Kier alpha value is -3.15. The van der Waals surface area contributed by atoms with Crippen molar-refractivity contribution in [1.82, 2.24) is 15.1 Å². The van der Waals surface area contributed by atoms with Crippen LogP contribution in [-0.2, 0) is 0 Å². The van der Waals surface area contributed by atoms with E-state index >= 15 is 0 Å². The highest BCUT2D eigenvalue weighted by atomic mass is 16.5. The average Bonchev–Trinajstić information content (AvgIpc) is 3.60.